The summed E-state index contributed by atoms with van der Waals surface area (Å²) in [5.41, 5.74) is 5.08. The smallest absolute Gasteiger partial charge is 0.414 e. The predicted octanol–water partition coefficient (Wildman–Crippen LogP) is 6.08. The molecule has 3 aromatic rings. The number of rotatable bonds is 4. The Hall–Kier alpha value is -3.35. The fraction of sp³-hybridized carbons (Fsp3) is 0.500. The summed E-state index contributed by atoms with van der Waals surface area (Å²) in [4.78, 5) is 32.2. The Bertz CT molecular complexity index is 1310. The number of imidazole rings is 1. The van der Waals surface area contributed by atoms with Crippen LogP contribution in [0.15, 0.2) is 42.5 Å². The molecule has 5 rings (SSSR count). The maximum Gasteiger partial charge on any atom is 0.414 e. The minimum Gasteiger partial charge on any atom is -0.469 e. The molecule has 1 aromatic heterocycles. The van der Waals surface area contributed by atoms with Crippen LogP contribution in [0.4, 0.5) is 10.5 Å². The Morgan fingerprint density at radius 1 is 1.03 bits per heavy atom. The van der Waals surface area contributed by atoms with Crippen molar-refractivity contribution in [2.24, 2.45) is 11.3 Å². The first-order valence-corrected chi connectivity index (χ1v) is 13.3. The maximum absolute atomic E-state index is 12.7. The molecule has 7 heteroatoms. The van der Waals surface area contributed by atoms with Crippen LogP contribution in [0.3, 0.4) is 0 Å². The lowest BCUT2D eigenvalue weighted by molar-refractivity contribution is -0.152. The van der Waals surface area contributed by atoms with Crippen molar-refractivity contribution in [2.45, 2.75) is 71.4 Å². The molecule has 1 aliphatic heterocycles. The van der Waals surface area contributed by atoms with E-state index in [-0.39, 0.29) is 35.5 Å². The van der Waals surface area contributed by atoms with E-state index in [0.29, 0.717) is 0 Å². The van der Waals surface area contributed by atoms with Crippen LogP contribution >= 0.6 is 0 Å². The Kier molecular flexibility index (Phi) is 6.73. The number of hydrogen-bond donors (Lipinski definition) is 0. The standard InChI is InChI=1S/C30H37N3O4/c1-19-11-13-22-24(32(19)29(35)37-5)15-16-25-27(22)31-26(17-20-9-7-6-8-10-20)33(25)21-12-14-23(28(34)36-4)30(2,3)18-21/h6-10,15-16,19,21,23H,11-14,17-18H2,1-5H3/t19-,21?,23?/m0/s1. The first kappa shape index (κ1) is 25.3. The summed E-state index contributed by atoms with van der Waals surface area (Å²) < 4.78 is 12.7. The molecule has 0 bridgehead atoms. The summed E-state index contributed by atoms with van der Waals surface area (Å²) in [7, 11) is 2.91. The second kappa shape index (κ2) is 9.84. The molecule has 3 atom stereocenters. The SMILES string of the molecule is COC(=O)C1CCC(n2c(Cc3ccccc3)nc3c4c(ccc32)N(C(=O)OC)[C@@H](C)CC4)CC1(C)C. The molecule has 2 aliphatic rings. The quantitative estimate of drug-likeness (QED) is 0.404. The van der Waals surface area contributed by atoms with Gasteiger partial charge in [0.05, 0.1) is 36.9 Å². The number of hydrogen-bond acceptors (Lipinski definition) is 5. The zero-order valence-electron chi connectivity index (χ0n) is 22.5. The number of amides is 1. The van der Waals surface area contributed by atoms with Gasteiger partial charge in [-0.05, 0) is 62.1 Å². The number of fused-ring (bicyclic) bond motifs is 3. The highest BCUT2D eigenvalue weighted by Gasteiger charge is 2.43. The van der Waals surface area contributed by atoms with Gasteiger partial charge in [-0.15, -0.1) is 0 Å². The summed E-state index contributed by atoms with van der Waals surface area (Å²) in [6.45, 7) is 6.41. The van der Waals surface area contributed by atoms with Gasteiger partial charge in [-0.1, -0.05) is 44.2 Å². The second-order valence-electron chi connectivity index (χ2n) is 11.2. The maximum atomic E-state index is 12.7. The Morgan fingerprint density at radius 3 is 2.46 bits per heavy atom. The molecule has 0 saturated heterocycles. The van der Waals surface area contributed by atoms with E-state index in [4.69, 9.17) is 14.5 Å². The number of carbonyl (C=O) groups is 2. The summed E-state index contributed by atoms with van der Waals surface area (Å²) in [5, 5.41) is 0. The van der Waals surface area contributed by atoms with E-state index in [1.54, 1.807) is 4.90 Å². The molecular weight excluding hydrogens is 466 g/mol. The topological polar surface area (TPSA) is 73.7 Å². The van der Waals surface area contributed by atoms with E-state index in [2.05, 4.69) is 61.7 Å². The van der Waals surface area contributed by atoms with Gasteiger partial charge < -0.3 is 14.0 Å². The number of methoxy groups -OCH3 is 2. The minimum absolute atomic E-state index is 0.0673. The number of aryl methyl sites for hydroxylation is 1. The van der Waals surface area contributed by atoms with Gasteiger partial charge in [-0.2, -0.15) is 0 Å². The van der Waals surface area contributed by atoms with Crippen LogP contribution in [0.1, 0.15) is 69.4 Å². The van der Waals surface area contributed by atoms with E-state index < -0.39 is 0 Å². The zero-order valence-corrected chi connectivity index (χ0v) is 22.5. The fourth-order valence-corrected chi connectivity index (χ4v) is 6.53. The zero-order chi connectivity index (χ0) is 26.3. The lowest BCUT2D eigenvalue weighted by Gasteiger charge is -2.41. The molecule has 1 aliphatic carbocycles. The Morgan fingerprint density at radius 2 is 1.78 bits per heavy atom. The van der Waals surface area contributed by atoms with E-state index >= 15 is 0 Å². The van der Waals surface area contributed by atoms with Gasteiger partial charge in [0.15, 0.2) is 0 Å². The van der Waals surface area contributed by atoms with Gasteiger partial charge in [-0.25, -0.2) is 9.78 Å². The molecule has 2 aromatic carbocycles. The first-order valence-electron chi connectivity index (χ1n) is 13.3. The molecule has 196 valence electrons. The fourth-order valence-electron chi connectivity index (χ4n) is 6.53. The molecule has 0 spiro atoms. The normalized spacial score (nSPS) is 22.9. The van der Waals surface area contributed by atoms with Crippen molar-refractivity contribution in [3.05, 3.63) is 59.4 Å². The van der Waals surface area contributed by atoms with E-state index in [1.165, 1.54) is 19.8 Å². The third-order valence-corrected chi connectivity index (χ3v) is 8.45. The third kappa shape index (κ3) is 4.49. The highest BCUT2D eigenvalue weighted by Crippen LogP contribution is 2.48. The molecule has 0 radical (unpaired) electrons. The van der Waals surface area contributed by atoms with Gasteiger partial charge in [0, 0.05) is 24.1 Å². The van der Waals surface area contributed by atoms with Crippen LogP contribution in [0.2, 0.25) is 0 Å². The number of carbonyl (C=O) groups excluding carboxylic acids is 2. The predicted molar refractivity (Wildman–Crippen MR) is 144 cm³/mol. The average Bonchev–Trinajstić information content (AvgIpc) is 3.25. The molecule has 1 amide bonds. The third-order valence-electron chi connectivity index (χ3n) is 8.45. The molecule has 0 N–H and O–H groups in total. The largest absolute Gasteiger partial charge is 0.469 e. The van der Waals surface area contributed by atoms with Crippen molar-refractivity contribution in [2.75, 3.05) is 19.1 Å². The highest BCUT2D eigenvalue weighted by molar-refractivity contribution is 5.95. The summed E-state index contributed by atoms with van der Waals surface area (Å²) >= 11 is 0. The number of aromatic nitrogens is 2. The number of nitrogens with zero attached hydrogens (tertiary/aromatic N) is 3. The van der Waals surface area contributed by atoms with E-state index in [9.17, 15) is 9.59 Å². The highest BCUT2D eigenvalue weighted by atomic mass is 16.5. The molecule has 1 saturated carbocycles. The molecule has 7 nitrogen and oxygen atoms in total. The van der Waals surface area contributed by atoms with Gasteiger partial charge in [0.2, 0.25) is 0 Å². The van der Waals surface area contributed by atoms with E-state index in [1.807, 2.05) is 6.07 Å². The van der Waals surface area contributed by atoms with Crippen molar-refractivity contribution in [1.29, 1.82) is 0 Å². The Balaban J connectivity index is 1.63. The summed E-state index contributed by atoms with van der Waals surface area (Å²) in [6, 6.07) is 14.9. The van der Waals surface area contributed by atoms with Crippen molar-refractivity contribution < 1.29 is 19.1 Å². The van der Waals surface area contributed by atoms with Crippen LogP contribution in [0.25, 0.3) is 11.0 Å². The summed E-state index contributed by atoms with van der Waals surface area (Å²) in [5.74, 6) is 0.800. The average molecular weight is 504 g/mol. The van der Waals surface area contributed by atoms with Gasteiger partial charge >= 0.3 is 12.1 Å². The first-order chi connectivity index (χ1) is 17.7. The molecule has 2 heterocycles. The van der Waals surface area contributed by atoms with Crippen LogP contribution in [0.5, 0.6) is 0 Å². The van der Waals surface area contributed by atoms with Crippen molar-refractivity contribution >= 4 is 28.8 Å². The molecular formula is C30H37N3O4. The number of benzene rings is 2. The van der Waals surface area contributed by atoms with E-state index in [0.717, 1.165) is 66.6 Å². The van der Waals surface area contributed by atoms with Crippen LogP contribution < -0.4 is 4.90 Å². The number of ether oxygens (including phenoxy) is 2. The van der Waals surface area contributed by atoms with Crippen molar-refractivity contribution in [3.63, 3.8) is 0 Å². The lowest BCUT2D eigenvalue weighted by Crippen LogP contribution is -2.42. The van der Waals surface area contributed by atoms with Crippen molar-refractivity contribution in [3.8, 4) is 0 Å². The molecule has 37 heavy (non-hydrogen) atoms. The summed E-state index contributed by atoms with van der Waals surface area (Å²) in [6.07, 6.45) is 4.65. The molecule has 2 unspecified atom stereocenters. The van der Waals surface area contributed by atoms with Crippen molar-refractivity contribution in [1.82, 2.24) is 9.55 Å². The van der Waals surface area contributed by atoms with Crippen LogP contribution in [0, 0.1) is 11.3 Å². The number of esters is 1. The molecule has 1 fully saturated rings. The Labute approximate surface area is 218 Å². The van der Waals surface area contributed by atoms with Gasteiger partial charge in [-0.3, -0.25) is 9.69 Å². The minimum atomic E-state index is -0.334. The lowest BCUT2D eigenvalue weighted by atomic mass is 9.67. The van der Waals surface area contributed by atoms with Gasteiger partial charge in [0.25, 0.3) is 0 Å². The second-order valence-corrected chi connectivity index (χ2v) is 11.2. The van der Waals surface area contributed by atoms with Gasteiger partial charge in [0.1, 0.15) is 5.82 Å². The van der Waals surface area contributed by atoms with Crippen LogP contribution in [-0.2, 0) is 27.1 Å². The number of anilines is 1. The van der Waals surface area contributed by atoms with Crippen LogP contribution in [-0.4, -0.2) is 41.9 Å². The monoisotopic (exact) mass is 503 g/mol.